The highest BCUT2D eigenvalue weighted by molar-refractivity contribution is 5.81. The van der Waals surface area contributed by atoms with Crippen LogP contribution in [0.5, 0.6) is 0 Å². The first-order valence-corrected chi connectivity index (χ1v) is 8.69. The SMILES string of the molecule is N[C@@H](CCCCNC(=O)C(F)(F)F)C(=O)O[C@@H](CCc1ccccc1)C(=O)O. The number of benzene rings is 1. The van der Waals surface area contributed by atoms with Crippen molar-refractivity contribution in [2.24, 2.45) is 5.73 Å². The minimum atomic E-state index is -4.94. The molecular weight excluding hydrogens is 381 g/mol. The number of aryl methyl sites for hydroxylation is 1. The van der Waals surface area contributed by atoms with Crippen LogP contribution < -0.4 is 11.1 Å². The van der Waals surface area contributed by atoms with E-state index in [-0.39, 0.29) is 32.2 Å². The molecule has 10 heteroatoms. The smallest absolute Gasteiger partial charge is 0.471 e. The van der Waals surface area contributed by atoms with Crippen LogP contribution >= 0.6 is 0 Å². The number of hydrogen-bond acceptors (Lipinski definition) is 5. The van der Waals surface area contributed by atoms with Gasteiger partial charge in [0.2, 0.25) is 0 Å². The topological polar surface area (TPSA) is 119 Å². The van der Waals surface area contributed by atoms with E-state index in [1.807, 2.05) is 30.3 Å². The lowest BCUT2D eigenvalue weighted by Crippen LogP contribution is -2.38. The van der Waals surface area contributed by atoms with Crippen molar-refractivity contribution in [1.29, 1.82) is 0 Å². The first-order valence-electron chi connectivity index (χ1n) is 8.69. The fourth-order valence-electron chi connectivity index (χ4n) is 2.31. The molecule has 7 nitrogen and oxygen atoms in total. The summed E-state index contributed by atoms with van der Waals surface area (Å²) in [5.41, 5.74) is 6.55. The number of carboxylic acids is 1. The number of ether oxygens (including phenoxy) is 1. The summed E-state index contributed by atoms with van der Waals surface area (Å²) in [5.74, 6) is -4.20. The average Bonchev–Trinajstić information content (AvgIpc) is 2.64. The number of carbonyl (C=O) groups is 3. The van der Waals surface area contributed by atoms with Crippen molar-refractivity contribution in [3.05, 3.63) is 35.9 Å². The van der Waals surface area contributed by atoms with Gasteiger partial charge in [-0.05, 0) is 37.7 Å². The van der Waals surface area contributed by atoms with Crippen molar-refractivity contribution < 1.29 is 37.4 Å². The van der Waals surface area contributed by atoms with Gasteiger partial charge in [0.25, 0.3) is 0 Å². The predicted octanol–water partition coefficient (Wildman–Crippen LogP) is 1.79. The highest BCUT2D eigenvalue weighted by atomic mass is 19.4. The summed E-state index contributed by atoms with van der Waals surface area (Å²) < 4.78 is 41.0. The zero-order chi connectivity index (χ0) is 21.2. The summed E-state index contributed by atoms with van der Waals surface area (Å²) in [5, 5.41) is 10.9. The Labute approximate surface area is 160 Å². The van der Waals surface area contributed by atoms with Crippen LogP contribution in [0.4, 0.5) is 13.2 Å². The van der Waals surface area contributed by atoms with Gasteiger partial charge in [-0.25, -0.2) is 4.79 Å². The molecule has 0 spiro atoms. The Bertz CT molecular complexity index is 652. The molecule has 0 aliphatic carbocycles. The normalized spacial score (nSPS) is 13.4. The van der Waals surface area contributed by atoms with Crippen molar-refractivity contribution in [1.82, 2.24) is 5.32 Å². The molecule has 0 aliphatic heterocycles. The number of aliphatic carboxylic acids is 1. The summed E-state index contributed by atoms with van der Waals surface area (Å²) in [6.45, 7) is -0.213. The molecule has 1 aromatic rings. The molecule has 28 heavy (non-hydrogen) atoms. The Morgan fingerprint density at radius 2 is 1.75 bits per heavy atom. The molecule has 1 amide bonds. The Hall–Kier alpha value is -2.62. The number of hydrogen-bond donors (Lipinski definition) is 3. The van der Waals surface area contributed by atoms with Crippen molar-refractivity contribution >= 4 is 17.8 Å². The second-order valence-electron chi connectivity index (χ2n) is 6.14. The molecule has 4 N–H and O–H groups in total. The van der Waals surface area contributed by atoms with E-state index in [1.165, 1.54) is 0 Å². The molecule has 0 fully saturated rings. The number of nitrogens with one attached hydrogen (secondary N) is 1. The van der Waals surface area contributed by atoms with Gasteiger partial charge in [-0.2, -0.15) is 13.2 Å². The van der Waals surface area contributed by atoms with Gasteiger partial charge in [-0.3, -0.25) is 9.59 Å². The van der Waals surface area contributed by atoms with Crippen molar-refractivity contribution in [3.8, 4) is 0 Å². The molecule has 1 rings (SSSR count). The molecule has 0 heterocycles. The number of rotatable bonds is 11. The van der Waals surface area contributed by atoms with E-state index in [0.29, 0.717) is 6.42 Å². The third-order valence-electron chi connectivity index (χ3n) is 3.86. The first kappa shape index (κ1) is 23.4. The van der Waals surface area contributed by atoms with Crippen LogP contribution in [0.3, 0.4) is 0 Å². The Kier molecular flexibility index (Phi) is 9.43. The summed E-state index contributed by atoms with van der Waals surface area (Å²) in [4.78, 5) is 33.8. The minimum Gasteiger partial charge on any atom is -0.479 e. The standard InChI is InChI=1S/C18H23F3N2O5/c19-18(20,21)17(27)23-11-5-4-8-13(22)16(26)28-14(15(24)25)10-9-12-6-2-1-3-7-12/h1-3,6-7,13-14H,4-5,8-11,22H2,(H,23,27)(H,24,25)/t13-,14-/m0/s1. The number of carbonyl (C=O) groups excluding carboxylic acids is 2. The second-order valence-corrected chi connectivity index (χ2v) is 6.14. The van der Waals surface area contributed by atoms with Crippen LogP contribution in [0.1, 0.15) is 31.2 Å². The van der Waals surface area contributed by atoms with Gasteiger partial charge in [0, 0.05) is 6.54 Å². The van der Waals surface area contributed by atoms with E-state index >= 15 is 0 Å². The molecule has 0 radical (unpaired) electrons. The van der Waals surface area contributed by atoms with Crippen LogP contribution in [0, 0.1) is 0 Å². The molecular formula is C18H23F3N2O5. The number of halogens is 3. The maximum absolute atomic E-state index is 12.0. The number of unbranched alkanes of at least 4 members (excludes halogenated alkanes) is 1. The molecule has 156 valence electrons. The Balaban J connectivity index is 2.33. The maximum Gasteiger partial charge on any atom is 0.471 e. The van der Waals surface area contributed by atoms with Crippen LogP contribution in [-0.4, -0.2) is 47.8 Å². The molecule has 2 atom stereocenters. The van der Waals surface area contributed by atoms with Gasteiger partial charge in [0.15, 0.2) is 6.10 Å². The molecule has 0 aliphatic rings. The van der Waals surface area contributed by atoms with E-state index in [9.17, 15) is 32.7 Å². The quantitative estimate of drug-likeness (QED) is 0.382. The van der Waals surface area contributed by atoms with Crippen LogP contribution in [0.2, 0.25) is 0 Å². The van der Waals surface area contributed by atoms with E-state index in [2.05, 4.69) is 0 Å². The molecule has 1 aromatic carbocycles. The number of amides is 1. The number of esters is 1. The fraction of sp³-hybridized carbons (Fsp3) is 0.500. The van der Waals surface area contributed by atoms with Crippen molar-refractivity contribution in [2.75, 3.05) is 6.54 Å². The number of alkyl halides is 3. The minimum absolute atomic E-state index is 0.0846. The molecule has 0 aromatic heterocycles. The second kappa shape index (κ2) is 11.3. The van der Waals surface area contributed by atoms with Gasteiger partial charge in [0.1, 0.15) is 6.04 Å². The maximum atomic E-state index is 12.0. The van der Waals surface area contributed by atoms with E-state index in [4.69, 9.17) is 10.5 Å². The highest BCUT2D eigenvalue weighted by Crippen LogP contribution is 2.14. The van der Waals surface area contributed by atoms with Gasteiger partial charge >= 0.3 is 24.0 Å². The average molecular weight is 404 g/mol. The van der Waals surface area contributed by atoms with Gasteiger partial charge in [-0.1, -0.05) is 30.3 Å². The third kappa shape index (κ3) is 8.85. The monoisotopic (exact) mass is 404 g/mol. The van der Waals surface area contributed by atoms with Crippen LogP contribution in [0.25, 0.3) is 0 Å². The predicted molar refractivity (Wildman–Crippen MR) is 93.2 cm³/mol. The molecule has 0 unspecified atom stereocenters. The van der Waals surface area contributed by atoms with Crippen molar-refractivity contribution in [2.45, 2.75) is 50.4 Å². The fourth-order valence-corrected chi connectivity index (χ4v) is 2.31. The van der Waals surface area contributed by atoms with Gasteiger partial charge in [0.05, 0.1) is 0 Å². The Morgan fingerprint density at radius 3 is 2.32 bits per heavy atom. The summed E-state index contributed by atoms with van der Waals surface area (Å²) in [6, 6.07) is 7.99. The number of carboxylic acid groups (broad SMARTS) is 1. The van der Waals surface area contributed by atoms with E-state index in [1.54, 1.807) is 5.32 Å². The van der Waals surface area contributed by atoms with E-state index in [0.717, 1.165) is 5.56 Å². The first-order chi connectivity index (χ1) is 13.1. The largest absolute Gasteiger partial charge is 0.479 e. The lowest BCUT2D eigenvalue weighted by Gasteiger charge is -2.17. The lowest BCUT2D eigenvalue weighted by molar-refractivity contribution is -0.173. The summed E-state index contributed by atoms with van der Waals surface area (Å²) >= 11 is 0. The number of nitrogens with two attached hydrogens (primary N) is 1. The van der Waals surface area contributed by atoms with Gasteiger partial charge in [-0.15, -0.1) is 0 Å². The summed E-state index contributed by atoms with van der Waals surface area (Å²) in [6.07, 6.45) is -5.27. The van der Waals surface area contributed by atoms with Crippen LogP contribution in [0.15, 0.2) is 30.3 Å². The summed E-state index contributed by atoms with van der Waals surface area (Å²) in [7, 11) is 0. The molecule has 0 bridgehead atoms. The Morgan fingerprint density at radius 1 is 1.11 bits per heavy atom. The molecule has 0 saturated heterocycles. The highest BCUT2D eigenvalue weighted by Gasteiger charge is 2.38. The van der Waals surface area contributed by atoms with Crippen LogP contribution in [-0.2, 0) is 25.5 Å². The third-order valence-corrected chi connectivity index (χ3v) is 3.86. The van der Waals surface area contributed by atoms with Crippen molar-refractivity contribution in [3.63, 3.8) is 0 Å². The van der Waals surface area contributed by atoms with Gasteiger partial charge < -0.3 is 20.9 Å². The zero-order valence-corrected chi connectivity index (χ0v) is 15.1. The van der Waals surface area contributed by atoms with E-state index < -0.39 is 36.2 Å². The zero-order valence-electron chi connectivity index (χ0n) is 15.1. The molecule has 0 saturated carbocycles. The lowest BCUT2D eigenvalue weighted by atomic mass is 10.1.